The Morgan fingerprint density at radius 3 is 2.41 bits per heavy atom. The zero-order valence-corrected chi connectivity index (χ0v) is 10.7. The van der Waals surface area contributed by atoms with Gasteiger partial charge in [0.05, 0.1) is 6.04 Å². The fourth-order valence-corrected chi connectivity index (χ4v) is 1.48. The molecule has 0 radical (unpaired) electrons. The number of amides is 1. The molecule has 4 nitrogen and oxygen atoms in total. The highest BCUT2D eigenvalue weighted by atomic mass is 16.2. The van der Waals surface area contributed by atoms with E-state index in [0.29, 0.717) is 6.42 Å². The van der Waals surface area contributed by atoms with Crippen molar-refractivity contribution in [2.24, 2.45) is 5.73 Å². The second-order valence-electron chi connectivity index (χ2n) is 4.44. The molecule has 1 aromatic rings. The SMILES string of the molecule is CCC(N)C(=O)Nc1ccc(CN(C)C)cc1. The molecule has 0 fully saturated rings. The van der Waals surface area contributed by atoms with Crippen molar-refractivity contribution in [1.29, 1.82) is 0 Å². The molecule has 0 saturated carbocycles. The fraction of sp³-hybridized carbons (Fsp3) is 0.462. The van der Waals surface area contributed by atoms with Crippen LogP contribution in [0.15, 0.2) is 24.3 Å². The minimum absolute atomic E-state index is 0.132. The summed E-state index contributed by atoms with van der Waals surface area (Å²) >= 11 is 0. The zero-order valence-electron chi connectivity index (χ0n) is 10.7. The second-order valence-corrected chi connectivity index (χ2v) is 4.44. The van der Waals surface area contributed by atoms with Gasteiger partial charge in [0.15, 0.2) is 0 Å². The Labute approximate surface area is 103 Å². The van der Waals surface area contributed by atoms with Gasteiger partial charge < -0.3 is 16.0 Å². The molecule has 94 valence electrons. The van der Waals surface area contributed by atoms with Gasteiger partial charge in [0, 0.05) is 12.2 Å². The maximum atomic E-state index is 11.6. The predicted molar refractivity (Wildman–Crippen MR) is 70.7 cm³/mol. The van der Waals surface area contributed by atoms with E-state index in [9.17, 15) is 4.79 Å². The molecule has 0 heterocycles. The van der Waals surface area contributed by atoms with Crippen molar-refractivity contribution in [3.05, 3.63) is 29.8 Å². The first-order chi connectivity index (χ1) is 8.02. The average molecular weight is 235 g/mol. The fourth-order valence-electron chi connectivity index (χ4n) is 1.48. The summed E-state index contributed by atoms with van der Waals surface area (Å²) in [4.78, 5) is 13.7. The summed E-state index contributed by atoms with van der Waals surface area (Å²) in [5.74, 6) is -0.132. The van der Waals surface area contributed by atoms with Crippen LogP contribution in [-0.2, 0) is 11.3 Å². The van der Waals surface area contributed by atoms with Crippen molar-refractivity contribution in [3.63, 3.8) is 0 Å². The normalized spacial score (nSPS) is 12.5. The number of hydrogen-bond donors (Lipinski definition) is 2. The number of nitrogens with one attached hydrogen (secondary N) is 1. The topological polar surface area (TPSA) is 58.4 Å². The quantitative estimate of drug-likeness (QED) is 0.811. The van der Waals surface area contributed by atoms with Crippen LogP contribution in [0.4, 0.5) is 5.69 Å². The zero-order chi connectivity index (χ0) is 12.8. The van der Waals surface area contributed by atoms with Crippen LogP contribution >= 0.6 is 0 Å². The van der Waals surface area contributed by atoms with Crippen LogP contribution in [-0.4, -0.2) is 30.9 Å². The third-order valence-electron chi connectivity index (χ3n) is 2.50. The second kappa shape index (κ2) is 6.37. The summed E-state index contributed by atoms with van der Waals surface area (Å²) in [5.41, 5.74) is 7.65. The smallest absolute Gasteiger partial charge is 0.241 e. The maximum Gasteiger partial charge on any atom is 0.241 e. The highest BCUT2D eigenvalue weighted by Gasteiger charge is 2.10. The van der Waals surface area contributed by atoms with Gasteiger partial charge in [0.2, 0.25) is 5.91 Å². The highest BCUT2D eigenvalue weighted by Crippen LogP contribution is 2.11. The van der Waals surface area contributed by atoms with E-state index in [1.807, 2.05) is 45.3 Å². The molecule has 0 bridgehead atoms. The molecule has 0 spiro atoms. The van der Waals surface area contributed by atoms with Gasteiger partial charge in [-0.2, -0.15) is 0 Å². The van der Waals surface area contributed by atoms with E-state index >= 15 is 0 Å². The molecule has 3 N–H and O–H groups in total. The van der Waals surface area contributed by atoms with Crippen molar-refractivity contribution >= 4 is 11.6 Å². The molecule has 0 aliphatic carbocycles. The summed E-state index contributed by atoms with van der Waals surface area (Å²) in [6.07, 6.45) is 0.643. The van der Waals surface area contributed by atoms with E-state index in [4.69, 9.17) is 5.73 Å². The summed E-state index contributed by atoms with van der Waals surface area (Å²) in [5, 5.41) is 2.80. The molecule has 1 atom stereocenters. The van der Waals surface area contributed by atoms with Crippen LogP contribution in [0.1, 0.15) is 18.9 Å². The lowest BCUT2D eigenvalue weighted by Gasteiger charge is -2.12. The summed E-state index contributed by atoms with van der Waals surface area (Å²) in [6, 6.07) is 7.38. The molecule has 0 aliphatic rings. The molecule has 1 rings (SSSR count). The molecule has 4 heteroatoms. The van der Waals surface area contributed by atoms with Crippen molar-refractivity contribution in [2.75, 3.05) is 19.4 Å². The Bertz CT molecular complexity index is 359. The van der Waals surface area contributed by atoms with E-state index in [1.165, 1.54) is 5.56 Å². The van der Waals surface area contributed by atoms with Crippen LogP contribution < -0.4 is 11.1 Å². The van der Waals surface area contributed by atoms with E-state index in [1.54, 1.807) is 0 Å². The third-order valence-corrected chi connectivity index (χ3v) is 2.50. The Morgan fingerprint density at radius 2 is 1.94 bits per heavy atom. The molecular formula is C13H21N3O. The number of nitrogens with two attached hydrogens (primary N) is 1. The lowest BCUT2D eigenvalue weighted by molar-refractivity contribution is -0.117. The monoisotopic (exact) mass is 235 g/mol. The summed E-state index contributed by atoms with van der Waals surface area (Å²) in [7, 11) is 4.05. The minimum atomic E-state index is -0.434. The molecule has 0 saturated heterocycles. The molecule has 1 amide bonds. The number of rotatable bonds is 5. The summed E-state index contributed by atoms with van der Waals surface area (Å²) in [6.45, 7) is 2.78. The van der Waals surface area contributed by atoms with Crippen LogP contribution in [0, 0.1) is 0 Å². The van der Waals surface area contributed by atoms with Gasteiger partial charge in [-0.3, -0.25) is 4.79 Å². The number of benzene rings is 1. The van der Waals surface area contributed by atoms with Gasteiger partial charge in [-0.25, -0.2) is 0 Å². The highest BCUT2D eigenvalue weighted by molar-refractivity contribution is 5.94. The van der Waals surface area contributed by atoms with Crippen LogP contribution in [0.5, 0.6) is 0 Å². The van der Waals surface area contributed by atoms with Gasteiger partial charge in [-0.15, -0.1) is 0 Å². The minimum Gasteiger partial charge on any atom is -0.325 e. The van der Waals surface area contributed by atoms with E-state index in [-0.39, 0.29) is 5.91 Å². The molecule has 17 heavy (non-hydrogen) atoms. The average Bonchev–Trinajstić information content (AvgIpc) is 2.30. The predicted octanol–water partition coefficient (Wildman–Crippen LogP) is 1.42. The molecular weight excluding hydrogens is 214 g/mol. The van der Waals surface area contributed by atoms with Gasteiger partial charge >= 0.3 is 0 Å². The molecule has 1 aromatic carbocycles. The number of carbonyl (C=O) groups is 1. The van der Waals surface area contributed by atoms with Crippen molar-refractivity contribution in [2.45, 2.75) is 25.9 Å². The Balaban J connectivity index is 2.59. The Hall–Kier alpha value is -1.39. The lowest BCUT2D eigenvalue weighted by Crippen LogP contribution is -2.34. The largest absolute Gasteiger partial charge is 0.325 e. The first-order valence-corrected chi connectivity index (χ1v) is 5.83. The number of anilines is 1. The summed E-state index contributed by atoms with van der Waals surface area (Å²) < 4.78 is 0. The molecule has 0 aromatic heterocycles. The first-order valence-electron chi connectivity index (χ1n) is 5.83. The number of carbonyl (C=O) groups excluding carboxylic acids is 1. The van der Waals surface area contributed by atoms with Crippen molar-refractivity contribution in [1.82, 2.24) is 4.90 Å². The van der Waals surface area contributed by atoms with Gasteiger partial charge in [0.25, 0.3) is 0 Å². The van der Waals surface area contributed by atoms with Crippen molar-refractivity contribution < 1.29 is 4.79 Å². The van der Waals surface area contributed by atoms with E-state index < -0.39 is 6.04 Å². The van der Waals surface area contributed by atoms with E-state index in [2.05, 4.69) is 10.2 Å². The van der Waals surface area contributed by atoms with Crippen molar-refractivity contribution in [3.8, 4) is 0 Å². The number of nitrogens with zero attached hydrogens (tertiary/aromatic N) is 1. The maximum absolute atomic E-state index is 11.6. The first kappa shape index (κ1) is 13.7. The Kier molecular flexibility index (Phi) is 5.12. The number of hydrogen-bond acceptors (Lipinski definition) is 3. The van der Waals surface area contributed by atoms with Crippen LogP contribution in [0.3, 0.4) is 0 Å². The third kappa shape index (κ3) is 4.54. The standard InChI is InChI=1S/C13H21N3O/c1-4-12(14)13(17)15-11-7-5-10(6-8-11)9-16(2)3/h5-8,12H,4,9,14H2,1-3H3,(H,15,17). The van der Waals surface area contributed by atoms with Gasteiger partial charge in [0.1, 0.15) is 0 Å². The Morgan fingerprint density at radius 1 is 1.35 bits per heavy atom. The molecule has 1 unspecified atom stereocenters. The van der Waals surface area contributed by atoms with Gasteiger partial charge in [-0.05, 0) is 38.2 Å². The lowest BCUT2D eigenvalue weighted by atomic mass is 10.2. The van der Waals surface area contributed by atoms with Crippen LogP contribution in [0.2, 0.25) is 0 Å². The molecule has 0 aliphatic heterocycles. The van der Waals surface area contributed by atoms with Crippen LogP contribution in [0.25, 0.3) is 0 Å². The van der Waals surface area contributed by atoms with Gasteiger partial charge in [-0.1, -0.05) is 19.1 Å². The van der Waals surface area contributed by atoms with E-state index in [0.717, 1.165) is 12.2 Å².